The molecular formula is C17H17F2NO2S. The van der Waals surface area contributed by atoms with E-state index in [0.29, 0.717) is 13.1 Å². The molecule has 23 heavy (non-hydrogen) atoms. The number of benzene rings is 2. The monoisotopic (exact) mass is 337 g/mol. The van der Waals surface area contributed by atoms with Gasteiger partial charge in [0.25, 0.3) is 0 Å². The molecule has 3 nitrogen and oxygen atoms in total. The van der Waals surface area contributed by atoms with Crippen molar-refractivity contribution < 1.29 is 17.2 Å². The summed E-state index contributed by atoms with van der Waals surface area (Å²) >= 11 is 0. The summed E-state index contributed by atoms with van der Waals surface area (Å²) in [5.41, 5.74) is 1.24. The van der Waals surface area contributed by atoms with Crippen molar-refractivity contribution in [3.05, 3.63) is 71.3 Å². The van der Waals surface area contributed by atoms with Crippen LogP contribution in [-0.4, -0.2) is 25.8 Å². The van der Waals surface area contributed by atoms with E-state index in [-0.39, 0.29) is 17.2 Å². The molecule has 0 N–H and O–H groups in total. The van der Waals surface area contributed by atoms with E-state index in [1.165, 1.54) is 4.31 Å². The zero-order valence-electron chi connectivity index (χ0n) is 12.5. The second kappa shape index (κ2) is 6.37. The summed E-state index contributed by atoms with van der Waals surface area (Å²) in [7, 11) is -3.59. The summed E-state index contributed by atoms with van der Waals surface area (Å²) in [5.74, 6) is -1.75. The van der Waals surface area contributed by atoms with Gasteiger partial charge in [-0.3, -0.25) is 0 Å². The topological polar surface area (TPSA) is 37.4 Å². The van der Waals surface area contributed by atoms with Gasteiger partial charge in [-0.1, -0.05) is 30.3 Å². The number of sulfonamides is 1. The first kappa shape index (κ1) is 16.1. The van der Waals surface area contributed by atoms with Crippen LogP contribution in [0.25, 0.3) is 0 Å². The lowest BCUT2D eigenvalue weighted by atomic mass is 9.99. The third-order valence-electron chi connectivity index (χ3n) is 4.09. The van der Waals surface area contributed by atoms with Crippen LogP contribution < -0.4 is 0 Å². The molecule has 6 heteroatoms. The van der Waals surface area contributed by atoms with Crippen molar-refractivity contribution in [3.63, 3.8) is 0 Å². The van der Waals surface area contributed by atoms with Crippen molar-refractivity contribution in [2.24, 2.45) is 0 Å². The predicted molar refractivity (Wildman–Crippen MR) is 84.4 cm³/mol. The average Bonchev–Trinajstić information content (AvgIpc) is 2.97. The van der Waals surface area contributed by atoms with Crippen LogP contribution in [0, 0.1) is 11.6 Å². The highest BCUT2D eigenvalue weighted by Gasteiger charge is 2.32. The maximum Gasteiger partial charge on any atom is 0.218 e. The van der Waals surface area contributed by atoms with Gasteiger partial charge in [0.2, 0.25) is 10.0 Å². The Labute approximate surface area is 134 Å². The van der Waals surface area contributed by atoms with Crippen LogP contribution in [0.3, 0.4) is 0 Å². The van der Waals surface area contributed by atoms with E-state index in [9.17, 15) is 17.2 Å². The van der Waals surface area contributed by atoms with Crippen molar-refractivity contribution in [1.29, 1.82) is 0 Å². The molecule has 0 amide bonds. The Kier molecular flexibility index (Phi) is 4.46. The summed E-state index contributed by atoms with van der Waals surface area (Å²) in [6.07, 6.45) is 0.751. The molecule has 0 unspecified atom stereocenters. The minimum absolute atomic E-state index is 0.130. The van der Waals surface area contributed by atoms with Gasteiger partial charge < -0.3 is 0 Å². The zero-order chi connectivity index (χ0) is 16.4. The van der Waals surface area contributed by atoms with Crippen LogP contribution in [0.15, 0.2) is 48.5 Å². The SMILES string of the molecule is O=S(=O)(Cc1cc(F)cc(F)c1)N1CC[C@@H](c2ccccc2)C1. The third kappa shape index (κ3) is 3.76. The standard InChI is InChI=1S/C17H17F2NO2S/c18-16-8-13(9-17(19)10-16)12-23(21,22)20-7-6-15(11-20)14-4-2-1-3-5-14/h1-5,8-10,15H,6-7,11-12H2/t15-/m1/s1. The molecule has 1 fully saturated rings. The van der Waals surface area contributed by atoms with Crippen LogP contribution in [0.1, 0.15) is 23.5 Å². The normalized spacial score (nSPS) is 19.1. The van der Waals surface area contributed by atoms with Gasteiger partial charge in [-0.25, -0.2) is 21.5 Å². The molecule has 1 heterocycles. The highest BCUT2D eigenvalue weighted by molar-refractivity contribution is 7.88. The summed E-state index contributed by atoms with van der Waals surface area (Å²) < 4.78 is 52.8. The molecule has 1 aliphatic heterocycles. The smallest absolute Gasteiger partial charge is 0.212 e. The highest BCUT2D eigenvalue weighted by atomic mass is 32.2. The molecule has 0 aromatic heterocycles. The van der Waals surface area contributed by atoms with Crippen molar-refractivity contribution >= 4 is 10.0 Å². The van der Waals surface area contributed by atoms with Crippen LogP contribution in [0.5, 0.6) is 0 Å². The van der Waals surface area contributed by atoms with Crippen molar-refractivity contribution in [3.8, 4) is 0 Å². The van der Waals surface area contributed by atoms with Gasteiger partial charge in [0, 0.05) is 19.2 Å². The molecule has 2 aromatic carbocycles. The first-order chi connectivity index (χ1) is 10.9. The molecular weight excluding hydrogens is 320 g/mol. The van der Waals surface area contributed by atoms with E-state index in [2.05, 4.69) is 0 Å². The molecule has 1 aliphatic rings. The van der Waals surface area contributed by atoms with E-state index in [1.807, 2.05) is 30.3 Å². The molecule has 122 valence electrons. The summed E-state index contributed by atoms with van der Waals surface area (Å²) in [6.45, 7) is 0.837. The minimum Gasteiger partial charge on any atom is -0.212 e. The van der Waals surface area contributed by atoms with Crippen molar-refractivity contribution in [1.82, 2.24) is 4.31 Å². The third-order valence-corrected chi connectivity index (χ3v) is 5.90. The number of hydrogen-bond donors (Lipinski definition) is 0. The Morgan fingerprint density at radius 3 is 2.35 bits per heavy atom. The van der Waals surface area contributed by atoms with Crippen molar-refractivity contribution in [2.75, 3.05) is 13.1 Å². The van der Waals surface area contributed by atoms with E-state index >= 15 is 0 Å². The number of hydrogen-bond acceptors (Lipinski definition) is 2. The molecule has 3 rings (SSSR count). The Bertz CT molecular complexity index is 773. The first-order valence-electron chi connectivity index (χ1n) is 7.42. The number of nitrogens with zero attached hydrogens (tertiary/aromatic N) is 1. The quantitative estimate of drug-likeness (QED) is 0.859. The van der Waals surface area contributed by atoms with E-state index in [4.69, 9.17) is 0 Å². The van der Waals surface area contributed by atoms with Gasteiger partial charge in [0.05, 0.1) is 5.75 Å². The molecule has 1 atom stereocenters. The molecule has 0 saturated carbocycles. The Morgan fingerprint density at radius 2 is 1.70 bits per heavy atom. The van der Waals surface area contributed by atoms with Crippen molar-refractivity contribution in [2.45, 2.75) is 18.1 Å². The largest absolute Gasteiger partial charge is 0.218 e. The van der Waals surface area contributed by atoms with Crippen LogP contribution in [0.4, 0.5) is 8.78 Å². The van der Waals surface area contributed by atoms with Crippen LogP contribution in [0.2, 0.25) is 0 Å². The van der Waals surface area contributed by atoms with Crippen LogP contribution >= 0.6 is 0 Å². The fourth-order valence-corrected chi connectivity index (χ4v) is 4.54. The van der Waals surface area contributed by atoms with E-state index in [1.54, 1.807) is 0 Å². The zero-order valence-corrected chi connectivity index (χ0v) is 13.3. The lowest BCUT2D eigenvalue weighted by molar-refractivity contribution is 0.471. The predicted octanol–water partition coefficient (Wildman–Crippen LogP) is 3.28. The summed E-state index contributed by atoms with van der Waals surface area (Å²) in [5, 5.41) is 0. The van der Waals surface area contributed by atoms with Crippen LogP contribution in [-0.2, 0) is 15.8 Å². The van der Waals surface area contributed by atoms with Gasteiger partial charge in [-0.15, -0.1) is 0 Å². The molecule has 0 aliphatic carbocycles. The molecule has 1 saturated heterocycles. The minimum atomic E-state index is -3.59. The maximum absolute atomic E-state index is 13.2. The van der Waals surface area contributed by atoms with Gasteiger partial charge in [-0.05, 0) is 35.6 Å². The van der Waals surface area contributed by atoms with Gasteiger partial charge in [-0.2, -0.15) is 0 Å². The first-order valence-corrected chi connectivity index (χ1v) is 9.03. The average molecular weight is 337 g/mol. The molecule has 0 spiro atoms. The number of halogens is 2. The Hall–Kier alpha value is -1.79. The van der Waals surface area contributed by atoms with E-state index < -0.39 is 21.7 Å². The fraction of sp³-hybridized carbons (Fsp3) is 0.294. The van der Waals surface area contributed by atoms with Gasteiger partial charge in [0.1, 0.15) is 11.6 Å². The summed E-state index contributed by atoms with van der Waals surface area (Å²) in [6, 6.07) is 12.6. The second-order valence-corrected chi connectivity index (χ2v) is 7.76. The molecule has 2 aromatic rings. The highest BCUT2D eigenvalue weighted by Crippen LogP contribution is 2.29. The summed E-state index contributed by atoms with van der Waals surface area (Å²) in [4.78, 5) is 0. The molecule has 0 bridgehead atoms. The lowest BCUT2D eigenvalue weighted by Crippen LogP contribution is -2.29. The van der Waals surface area contributed by atoms with Gasteiger partial charge >= 0.3 is 0 Å². The maximum atomic E-state index is 13.2. The fourth-order valence-electron chi connectivity index (χ4n) is 2.97. The Balaban J connectivity index is 1.73. The lowest BCUT2D eigenvalue weighted by Gasteiger charge is -2.17. The van der Waals surface area contributed by atoms with E-state index in [0.717, 1.165) is 30.2 Å². The second-order valence-electron chi connectivity index (χ2n) is 5.79. The molecule has 0 radical (unpaired) electrons. The van der Waals surface area contributed by atoms with Gasteiger partial charge in [0.15, 0.2) is 0 Å². The Morgan fingerprint density at radius 1 is 1.04 bits per heavy atom. The number of rotatable bonds is 4.